The summed E-state index contributed by atoms with van der Waals surface area (Å²) in [4.78, 5) is 0.0832. The molecule has 0 aromatic carbocycles. The Morgan fingerprint density at radius 2 is 2.11 bits per heavy atom. The highest BCUT2D eigenvalue weighted by molar-refractivity contribution is 9.09. The number of ether oxygens (including phenoxy) is 1. The molecule has 1 unspecified atom stereocenters. The third-order valence-electron chi connectivity index (χ3n) is 0.809. The highest BCUT2D eigenvalue weighted by Crippen LogP contribution is 1.99. The smallest absolute Gasteiger partial charge is 0.0617 e. The third-order valence-corrected chi connectivity index (χ3v) is 1.36. The molecule has 0 aliphatic carbocycles. The van der Waals surface area contributed by atoms with Crippen molar-refractivity contribution in [3.8, 4) is 0 Å². The molecule has 9 heavy (non-hydrogen) atoms. The van der Waals surface area contributed by atoms with Gasteiger partial charge in [0.1, 0.15) is 0 Å². The van der Waals surface area contributed by atoms with Crippen LogP contribution in [0.3, 0.4) is 0 Å². The number of aliphatic hydroxyl groups excluding tert-OH is 1. The van der Waals surface area contributed by atoms with E-state index in [9.17, 15) is 0 Å². The molecule has 0 heterocycles. The second-order valence-electron chi connectivity index (χ2n) is 2.16. The van der Waals surface area contributed by atoms with Crippen LogP contribution in [-0.4, -0.2) is 29.3 Å². The van der Waals surface area contributed by atoms with Gasteiger partial charge < -0.3 is 9.84 Å². The van der Waals surface area contributed by atoms with Crippen molar-refractivity contribution in [3.63, 3.8) is 0 Å². The van der Waals surface area contributed by atoms with Gasteiger partial charge in [0.15, 0.2) is 0 Å². The van der Waals surface area contributed by atoms with E-state index in [0.717, 1.165) is 0 Å². The minimum absolute atomic E-state index is 0.0832. The van der Waals surface area contributed by atoms with Crippen LogP contribution >= 0.6 is 15.9 Å². The standard InChI is InChI=1S/C6H13BrO2/c1-5(2)9-4-6(7)3-8/h5-6,8H,3-4H2,1-2H3. The summed E-state index contributed by atoms with van der Waals surface area (Å²) in [5.41, 5.74) is 0. The van der Waals surface area contributed by atoms with Gasteiger partial charge in [-0.3, -0.25) is 0 Å². The highest BCUT2D eigenvalue weighted by atomic mass is 79.9. The molecule has 0 bridgehead atoms. The van der Waals surface area contributed by atoms with E-state index in [-0.39, 0.29) is 17.5 Å². The second-order valence-corrected chi connectivity index (χ2v) is 3.46. The molecule has 0 aliphatic heterocycles. The van der Waals surface area contributed by atoms with Crippen molar-refractivity contribution in [2.24, 2.45) is 0 Å². The van der Waals surface area contributed by atoms with Crippen molar-refractivity contribution in [2.75, 3.05) is 13.2 Å². The molecule has 3 heteroatoms. The summed E-state index contributed by atoms with van der Waals surface area (Å²) in [6, 6.07) is 0. The average Bonchev–Trinajstić information content (AvgIpc) is 1.83. The number of halogens is 1. The predicted octanol–water partition coefficient (Wildman–Crippen LogP) is 1.17. The summed E-state index contributed by atoms with van der Waals surface area (Å²) < 4.78 is 5.19. The van der Waals surface area contributed by atoms with Gasteiger partial charge in [0, 0.05) is 0 Å². The Morgan fingerprint density at radius 3 is 2.44 bits per heavy atom. The van der Waals surface area contributed by atoms with E-state index < -0.39 is 0 Å². The molecule has 56 valence electrons. The number of aliphatic hydroxyl groups is 1. The number of hydrogen-bond acceptors (Lipinski definition) is 2. The molecule has 0 spiro atoms. The van der Waals surface area contributed by atoms with Crippen molar-refractivity contribution in [2.45, 2.75) is 24.8 Å². The summed E-state index contributed by atoms with van der Waals surface area (Å²) in [6.45, 7) is 4.65. The summed E-state index contributed by atoms with van der Waals surface area (Å²) in [7, 11) is 0. The number of alkyl halides is 1. The van der Waals surface area contributed by atoms with Gasteiger partial charge in [-0.1, -0.05) is 15.9 Å². The SMILES string of the molecule is CC(C)OCC(Br)CO. The lowest BCUT2D eigenvalue weighted by molar-refractivity contribution is 0.0720. The zero-order valence-electron chi connectivity index (χ0n) is 5.80. The van der Waals surface area contributed by atoms with Crippen LogP contribution in [0, 0.1) is 0 Å². The highest BCUT2D eigenvalue weighted by Gasteiger charge is 2.01. The maximum Gasteiger partial charge on any atom is 0.0617 e. The van der Waals surface area contributed by atoms with Crippen LogP contribution < -0.4 is 0 Å². The summed E-state index contributed by atoms with van der Waals surface area (Å²) in [5, 5.41) is 8.52. The second kappa shape index (κ2) is 5.21. The third kappa shape index (κ3) is 6.28. The topological polar surface area (TPSA) is 29.5 Å². The molecule has 0 saturated carbocycles. The lowest BCUT2D eigenvalue weighted by Gasteiger charge is -2.09. The van der Waals surface area contributed by atoms with Crippen molar-refractivity contribution in [1.29, 1.82) is 0 Å². The Hall–Kier alpha value is 0.400. The Kier molecular flexibility index (Phi) is 5.44. The first kappa shape index (κ1) is 9.40. The minimum atomic E-state index is 0.0832. The van der Waals surface area contributed by atoms with Gasteiger partial charge in [-0.05, 0) is 13.8 Å². The van der Waals surface area contributed by atoms with Gasteiger partial charge in [0.05, 0.1) is 24.1 Å². The Bertz CT molecular complexity index is 66.1. The number of hydrogen-bond donors (Lipinski definition) is 1. The van der Waals surface area contributed by atoms with E-state index in [0.29, 0.717) is 6.61 Å². The lowest BCUT2D eigenvalue weighted by atomic mass is 10.4. The molecular formula is C6H13BrO2. The van der Waals surface area contributed by atoms with Gasteiger partial charge in [0.25, 0.3) is 0 Å². The fraction of sp³-hybridized carbons (Fsp3) is 1.00. The fourth-order valence-corrected chi connectivity index (χ4v) is 0.502. The normalized spacial score (nSPS) is 14.3. The van der Waals surface area contributed by atoms with E-state index in [1.54, 1.807) is 0 Å². The Balaban J connectivity index is 3.06. The quantitative estimate of drug-likeness (QED) is 0.685. The summed E-state index contributed by atoms with van der Waals surface area (Å²) in [5.74, 6) is 0. The average molecular weight is 197 g/mol. The fourth-order valence-electron chi connectivity index (χ4n) is 0.350. The van der Waals surface area contributed by atoms with Gasteiger partial charge in [-0.25, -0.2) is 0 Å². The zero-order chi connectivity index (χ0) is 7.28. The molecular weight excluding hydrogens is 184 g/mol. The van der Waals surface area contributed by atoms with Crippen LogP contribution in [0.25, 0.3) is 0 Å². The molecule has 0 fully saturated rings. The first-order valence-electron chi connectivity index (χ1n) is 3.03. The maximum atomic E-state index is 8.52. The molecule has 0 amide bonds. The lowest BCUT2D eigenvalue weighted by Crippen LogP contribution is -2.16. The van der Waals surface area contributed by atoms with Crippen LogP contribution in [0.2, 0.25) is 0 Å². The van der Waals surface area contributed by atoms with Crippen molar-refractivity contribution < 1.29 is 9.84 Å². The monoisotopic (exact) mass is 196 g/mol. The largest absolute Gasteiger partial charge is 0.395 e. The van der Waals surface area contributed by atoms with Crippen LogP contribution in [0.5, 0.6) is 0 Å². The molecule has 2 nitrogen and oxygen atoms in total. The van der Waals surface area contributed by atoms with Gasteiger partial charge in [-0.2, -0.15) is 0 Å². The van der Waals surface area contributed by atoms with Crippen molar-refractivity contribution in [1.82, 2.24) is 0 Å². The van der Waals surface area contributed by atoms with Crippen molar-refractivity contribution >= 4 is 15.9 Å². The molecule has 0 aromatic rings. The molecule has 0 saturated heterocycles. The minimum Gasteiger partial charge on any atom is -0.395 e. The van der Waals surface area contributed by atoms with E-state index >= 15 is 0 Å². The molecule has 0 radical (unpaired) electrons. The molecule has 0 aromatic heterocycles. The van der Waals surface area contributed by atoms with Gasteiger partial charge in [-0.15, -0.1) is 0 Å². The van der Waals surface area contributed by atoms with E-state index in [2.05, 4.69) is 15.9 Å². The zero-order valence-corrected chi connectivity index (χ0v) is 7.39. The maximum absolute atomic E-state index is 8.52. The van der Waals surface area contributed by atoms with Crippen LogP contribution in [0.1, 0.15) is 13.8 Å². The van der Waals surface area contributed by atoms with Crippen LogP contribution in [0.15, 0.2) is 0 Å². The van der Waals surface area contributed by atoms with Crippen LogP contribution in [0.4, 0.5) is 0 Å². The Morgan fingerprint density at radius 1 is 1.56 bits per heavy atom. The molecule has 0 aliphatic rings. The first-order chi connectivity index (χ1) is 4.16. The Labute approximate surface area is 64.3 Å². The van der Waals surface area contributed by atoms with Gasteiger partial charge in [0.2, 0.25) is 0 Å². The summed E-state index contributed by atoms with van der Waals surface area (Å²) >= 11 is 3.23. The van der Waals surface area contributed by atoms with E-state index in [4.69, 9.17) is 9.84 Å². The van der Waals surface area contributed by atoms with Crippen molar-refractivity contribution in [3.05, 3.63) is 0 Å². The molecule has 0 rings (SSSR count). The van der Waals surface area contributed by atoms with Gasteiger partial charge >= 0.3 is 0 Å². The van der Waals surface area contributed by atoms with E-state index in [1.165, 1.54) is 0 Å². The molecule has 1 atom stereocenters. The predicted molar refractivity (Wildman–Crippen MR) is 40.9 cm³/mol. The number of rotatable bonds is 4. The van der Waals surface area contributed by atoms with E-state index in [1.807, 2.05) is 13.8 Å². The van der Waals surface area contributed by atoms with Crippen LogP contribution in [-0.2, 0) is 4.74 Å². The first-order valence-corrected chi connectivity index (χ1v) is 3.95. The summed E-state index contributed by atoms with van der Waals surface area (Å²) in [6.07, 6.45) is 0.247. The molecule has 1 N–H and O–H groups in total.